The number of piperidine rings is 1. The first-order valence-corrected chi connectivity index (χ1v) is 17.0. The molecule has 2 aliphatic heterocycles. The van der Waals surface area contributed by atoms with Crippen molar-refractivity contribution in [2.75, 3.05) is 31.5 Å². The van der Waals surface area contributed by atoms with E-state index in [0.29, 0.717) is 23.6 Å². The Bertz CT molecular complexity index is 1530. The zero-order valence-corrected chi connectivity index (χ0v) is 24.4. The number of aromatic nitrogens is 1. The van der Waals surface area contributed by atoms with E-state index in [4.69, 9.17) is 4.98 Å². The van der Waals surface area contributed by atoms with Gasteiger partial charge in [0.05, 0.1) is 16.1 Å². The van der Waals surface area contributed by atoms with Gasteiger partial charge in [0.15, 0.2) is 0 Å². The highest BCUT2D eigenvalue weighted by Crippen LogP contribution is 2.46. The standard InChI is InChI=1S/C27H30N4O3S4/c1-2-12-30-14-11-19-22(17-30)37-27(24(19)26-28-20-8-3-4-9-21(20)36-26)29-25(32)18-7-5-13-31(16-18)38(33,34)23-10-6-15-35-23/h3-4,6,8-10,15,18H,2,5,7,11-14,16-17H2,1H3,(H,29,32). The lowest BCUT2D eigenvalue weighted by molar-refractivity contribution is -0.120. The number of thiophene rings is 2. The van der Waals surface area contributed by atoms with Crippen molar-refractivity contribution in [1.82, 2.24) is 14.2 Å². The van der Waals surface area contributed by atoms with Crippen molar-refractivity contribution >= 4 is 65.2 Å². The molecule has 1 unspecified atom stereocenters. The van der Waals surface area contributed by atoms with E-state index < -0.39 is 15.9 Å². The number of carbonyl (C=O) groups is 1. The lowest BCUT2D eigenvalue weighted by atomic mass is 9.98. The number of nitrogens with zero attached hydrogens (tertiary/aromatic N) is 3. The molecule has 1 saturated heterocycles. The maximum absolute atomic E-state index is 13.6. The Morgan fingerprint density at radius 2 is 2.03 bits per heavy atom. The summed E-state index contributed by atoms with van der Waals surface area (Å²) < 4.78 is 29.2. The normalized spacial score (nSPS) is 19.0. The molecule has 0 aliphatic carbocycles. The third-order valence-electron chi connectivity index (χ3n) is 7.26. The number of carbonyl (C=O) groups excluding carboxylic acids is 1. The van der Waals surface area contributed by atoms with Crippen LogP contribution in [-0.4, -0.2) is 54.7 Å². The van der Waals surface area contributed by atoms with Gasteiger partial charge in [-0.05, 0) is 61.4 Å². The lowest BCUT2D eigenvalue weighted by Crippen LogP contribution is -2.43. The van der Waals surface area contributed by atoms with Crippen molar-refractivity contribution in [1.29, 1.82) is 0 Å². The minimum atomic E-state index is -3.58. The van der Waals surface area contributed by atoms with Gasteiger partial charge in [-0.2, -0.15) is 4.31 Å². The molecule has 0 bridgehead atoms. The molecule has 0 radical (unpaired) electrons. The second kappa shape index (κ2) is 10.8. The quantitative estimate of drug-likeness (QED) is 0.292. The van der Waals surface area contributed by atoms with Crippen LogP contribution in [0.1, 0.15) is 36.6 Å². The van der Waals surface area contributed by atoms with Gasteiger partial charge < -0.3 is 5.32 Å². The van der Waals surface area contributed by atoms with Gasteiger partial charge in [0, 0.05) is 36.6 Å². The predicted octanol–water partition coefficient (Wildman–Crippen LogP) is 5.89. The summed E-state index contributed by atoms with van der Waals surface area (Å²) in [5.74, 6) is -0.500. The minimum absolute atomic E-state index is 0.109. The Balaban J connectivity index is 1.30. The van der Waals surface area contributed by atoms with E-state index in [1.165, 1.54) is 26.1 Å². The van der Waals surface area contributed by atoms with Crippen LogP contribution in [0.25, 0.3) is 20.8 Å². The van der Waals surface area contributed by atoms with Crippen LogP contribution >= 0.6 is 34.0 Å². The maximum atomic E-state index is 13.6. The highest BCUT2D eigenvalue weighted by Gasteiger charge is 2.35. The molecule has 4 aromatic rings. The van der Waals surface area contributed by atoms with Gasteiger partial charge in [-0.3, -0.25) is 9.69 Å². The van der Waals surface area contributed by atoms with E-state index in [2.05, 4.69) is 23.2 Å². The topological polar surface area (TPSA) is 82.6 Å². The first kappa shape index (κ1) is 26.1. The predicted molar refractivity (Wildman–Crippen MR) is 157 cm³/mol. The molecule has 7 nitrogen and oxygen atoms in total. The second-order valence-electron chi connectivity index (χ2n) is 9.84. The first-order valence-electron chi connectivity index (χ1n) is 13.0. The van der Waals surface area contributed by atoms with E-state index in [0.717, 1.165) is 58.3 Å². The Morgan fingerprint density at radius 1 is 1.16 bits per heavy atom. The molecule has 5 heterocycles. The molecule has 6 rings (SSSR count). The number of hydrogen-bond acceptors (Lipinski definition) is 8. The van der Waals surface area contributed by atoms with Crippen LogP contribution in [-0.2, 0) is 27.8 Å². The average molecular weight is 587 g/mol. The fourth-order valence-electron chi connectivity index (χ4n) is 5.38. The minimum Gasteiger partial charge on any atom is -0.317 e. The molecule has 38 heavy (non-hydrogen) atoms. The van der Waals surface area contributed by atoms with E-state index in [1.54, 1.807) is 40.2 Å². The molecule has 3 aromatic heterocycles. The summed E-state index contributed by atoms with van der Waals surface area (Å²) in [5.41, 5.74) is 3.31. The van der Waals surface area contributed by atoms with Crippen LogP contribution in [0.3, 0.4) is 0 Å². The molecule has 200 valence electrons. The molecule has 1 amide bonds. The molecule has 11 heteroatoms. The smallest absolute Gasteiger partial charge is 0.252 e. The number of thiazole rings is 1. The maximum Gasteiger partial charge on any atom is 0.252 e. The molecule has 1 atom stereocenters. The van der Waals surface area contributed by atoms with Gasteiger partial charge in [0.2, 0.25) is 5.91 Å². The van der Waals surface area contributed by atoms with Gasteiger partial charge in [0.1, 0.15) is 14.2 Å². The zero-order valence-electron chi connectivity index (χ0n) is 21.2. The first-order chi connectivity index (χ1) is 18.4. The van der Waals surface area contributed by atoms with Crippen molar-refractivity contribution in [3.8, 4) is 10.6 Å². The van der Waals surface area contributed by atoms with Gasteiger partial charge in [-0.25, -0.2) is 13.4 Å². The van der Waals surface area contributed by atoms with Crippen molar-refractivity contribution in [2.45, 2.75) is 43.4 Å². The van der Waals surface area contributed by atoms with Crippen molar-refractivity contribution < 1.29 is 13.2 Å². The van der Waals surface area contributed by atoms with Crippen LogP contribution in [0, 0.1) is 5.92 Å². The molecule has 2 aliphatic rings. The Labute approximate surface area is 235 Å². The third kappa shape index (κ3) is 4.96. The van der Waals surface area contributed by atoms with Crippen LogP contribution < -0.4 is 5.32 Å². The molecule has 0 spiro atoms. The number of nitrogens with one attached hydrogen (secondary N) is 1. The summed E-state index contributed by atoms with van der Waals surface area (Å²) in [4.78, 5) is 22.3. The molecular weight excluding hydrogens is 557 g/mol. The van der Waals surface area contributed by atoms with E-state index in [-0.39, 0.29) is 12.5 Å². The van der Waals surface area contributed by atoms with Crippen molar-refractivity contribution in [3.05, 3.63) is 52.2 Å². The molecular formula is C27H30N4O3S4. The number of hydrogen-bond donors (Lipinski definition) is 1. The fraction of sp³-hybridized carbons (Fsp3) is 0.407. The Hall–Kier alpha value is -2.15. The number of fused-ring (bicyclic) bond motifs is 2. The van der Waals surface area contributed by atoms with E-state index in [1.807, 2.05) is 18.2 Å². The average Bonchev–Trinajstić information content (AvgIpc) is 3.67. The number of para-hydroxylation sites is 1. The van der Waals surface area contributed by atoms with Crippen LogP contribution in [0.2, 0.25) is 0 Å². The van der Waals surface area contributed by atoms with Gasteiger partial charge in [-0.1, -0.05) is 25.1 Å². The number of benzene rings is 1. The van der Waals surface area contributed by atoms with Crippen LogP contribution in [0.4, 0.5) is 5.00 Å². The number of anilines is 1. The van der Waals surface area contributed by atoms with Crippen LogP contribution in [0.15, 0.2) is 46.0 Å². The molecule has 1 aromatic carbocycles. The SMILES string of the molecule is CCCN1CCc2c(sc(NC(=O)C3CCCN(S(=O)(=O)c4cccs4)C3)c2-c2nc3ccccc3s2)C1. The third-order valence-corrected chi connectivity index (χ3v) is 12.7. The lowest BCUT2D eigenvalue weighted by Gasteiger charge is -2.30. The number of sulfonamides is 1. The largest absolute Gasteiger partial charge is 0.317 e. The van der Waals surface area contributed by atoms with Gasteiger partial charge in [0.25, 0.3) is 10.0 Å². The summed E-state index contributed by atoms with van der Waals surface area (Å²) in [6.45, 7) is 5.80. The molecule has 0 saturated carbocycles. The number of amides is 1. The molecule has 1 N–H and O–H groups in total. The summed E-state index contributed by atoms with van der Waals surface area (Å²) in [6, 6.07) is 11.5. The highest BCUT2D eigenvalue weighted by atomic mass is 32.2. The zero-order chi connectivity index (χ0) is 26.3. The Morgan fingerprint density at radius 3 is 2.82 bits per heavy atom. The summed E-state index contributed by atoms with van der Waals surface area (Å²) in [7, 11) is -3.58. The van der Waals surface area contributed by atoms with E-state index >= 15 is 0 Å². The van der Waals surface area contributed by atoms with Crippen molar-refractivity contribution in [2.24, 2.45) is 5.92 Å². The fourth-order valence-corrected chi connectivity index (χ4v) is 10.5. The number of rotatable bonds is 7. The summed E-state index contributed by atoms with van der Waals surface area (Å²) >= 11 is 4.54. The molecule has 1 fully saturated rings. The van der Waals surface area contributed by atoms with E-state index in [9.17, 15) is 13.2 Å². The van der Waals surface area contributed by atoms with Crippen molar-refractivity contribution in [3.63, 3.8) is 0 Å². The summed E-state index contributed by atoms with van der Waals surface area (Å²) in [5, 5.41) is 6.79. The highest BCUT2D eigenvalue weighted by molar-refractivity contribution is 7.91. The van der Waals surface area contributed by atoms with Gasteiger partial charge >= 0.3 is 0 Å². The Kier molecular flexibility index (Phi) is 7.41. The summed E-state index contributed by atoms with van der Waals surface area (Å²) in [6.07, 6.45) is 3.39. The monoisotopic (exact) mass is 586 g/mol. The second-order valence-corrected chi connectivity index (χ2v) is 15.1. The van der Waals surface area contributed by atoms with Gasteiger partial charge in [-0.15, -0.1) is 34.0 Å². The van der Waals surface area contributed by atoms with Crippen LogP contribution in [0.5, 0.6) is 0 Å².